The summed E-state index contributed by atoms with van der Waals surface area (Å²) < 4.78 is 2.87. The summed E-state index contributed by atoms with van der Waals surface area (Å²) in [7, 11) is 1.68. The highest BCUT2D eigenvalue weighted by atomic mass is 16.2. The maximum atomic E-state index is 11.6. The highest BCUT2D eigenvalue weighted by Gasteiger charge is 2.05. The van der Waals surface area contributed by atoms with Crippen molar-refractivity contribution in [3.63, 3.8) is 0 Å². The third kappa shape index (κ3) is 1.90. The number of hydrogen-bond donors (Lipinski definition) is 1. The summed E-state index contributed by atoms with van der Waals surface area (Å²) in [5.41, 5.74) is 7.59. The average molecular weight is 218 g/mol. The fourth-order valence-corrected chi connectivity index (χ4v) is 1.60. The minimum Gasteiger partial charge on any atom is -0.326 e. The second-order valence-corrected chi connectivity index (χ2v) is 3.65. The third-order valence-electron chi connectivity index (χ3n) is 2.55. The molecule has 2 aromatic rings. The Labute approximate surface area is 93.1 Å². The Morgan fingerprint density at radius 3 is 2.56 bits per heavy atom. The lowest BCUT2D eigenvalue weighted by Gasteiger charge is -2.06. The number of rotatable bonds is 3. The summed E-state index contributed by atoms with van der Waals surface area (Å²) in [6.07, 6.45) is 1.51. The van der Waals surface area contributed by atoms with Crippen LogP contribution < -0.4 is 11.4 Å². The smallest absolute Gasteiger partial charge is 0.326 e. The molecule has 84 valence electrons. The predicted octanol–water partition coefficient (Wildman–Crippen LogP) is 0.0888. The van der Waals surface area contributed by atoms with E-state index in [4.69, 9.17) is 5.73 Å². The van der Waals surface area contributed by atoms with Gasteiger partial charge in [0.2, 0.25) is 0 Å². The largest absolute Gasteiger partial charge is 0.345 e. The maximum absolute atomic E-state index is 11.6. The molecule has 0 unspecified atom stereocenters. The molecule has 1 aromatic carbocycles. The summed E-state index contributed by atoms with van der Waals surface area (Å²) in [4.78, 5) is 11.6. The summed E-state index contributed by atoms with van der Waals surface area (Å²) >= 11 is 0. The van der Waals surface area contributed by atoms with Crippen LogP contribution in [-0.4, -0.2) is 14.3 Å². The van der Waals surface area contributed by atoms with Crippen LogP contribution in [0, 0.1) is 0 Å². The number of nitrogens with two attached hydrogens (primary N) is 1. The van der Waals surface area contributed by atoms with Crippen molar-refractivity contribution in [2.75, 3.05) is 0 Å². The zero-order chi connectivity index (χ0) is 11.5. The van der Waals surface area contributed by atoms with Crippen molar-refractivity contribution in [1.82, 2.24) is 14.3 Å². The Hall–Kier alpha value is -1.88. The number of benzene rings is 1. The normalized spacial score (nSPS) is 10.6. The SMILES string of the molecule is Cn1cnn(Cc2ccccc2CN)c1=O. The second kappa shape index (κ2) is 4.32. The lowest BCUT2D eigenvalue weighted by Crippen LogP contribution is -2.24. The summed E-state index contributed by atoms with van der Waals surface area (Å²) in [6, 6.07) is 7.79. The molecule has 0 amide bonds. The number of aryl methyl sites for hydroxylation is 1. The molecule has 2 rings (SSSR count). The molecule has 0 saturated heterocycles. The van der Waals surface area contributed by atoms with Gasteiger partial charge in [0.25, 0.3) is 0 Å². The van der Waals surface area contributed by atoms with Gasteiger partial charge in [0.15, 0.2) is 0 Å². The van der Waals surface area contributed by atoms with Gasteiger partial charge in [-0.2, -0.15) is 5.10 Å². The molecule has 1 aromatic heterocycles. The minimum atomic E-state index is -0.119. The molecule has 2 N–H and O–H groups in total. The van der Waals surface area contributed by atoms with Crippen molar-refractivity contribution in [3.8, 4) is 0 Å². The van der Waals surface area contributed by atoms with E-state index in [0.29, 0.717) is 13.1 Å². The van der Waals surface area contributed by atoms with E-state index in [9.17, 15) is 4.79 Å². The van der Waals surface area contributed by atoms with Crippen LogP contribution in [-0.2, 0) is 20.1 Å². The van der Waals surface area contributed by atoms with Crippen LogP contribution in [0.15, 0.2) is 35.4 Å². The van der Waals surface area contributed by atoms with Crippen molar-refractivity contribution in [3.05, 3.63) is 52.2 Å². The molecule has 0 spiro atoms. The molecule has 0 aliphatic carbocycles. The fourth-order valence-electron chi connectivity index (χ4n) is 1.60. The first-order chi connectivity index (χ1) is 7.72. The fraction of sp³-hybridized carbons (Fsp3) is 0.273. The first-order valence-electron chi connectivity index (χ1n) is 5.07. The van der Waals surface area contributed by atoms with E-state index in [0.717, 1.165) is 11.1 Å². The van der Waals surface area contributed by atoms with Crippen molar-refractivity contribution >= 4 is 0 Å². The van der Waals surface area contributed by atoms with E-state index in [1.165, 1.54) is 15.6 Å². The number of hydrogen-bond acceptors (Lipinski definition) is 3. The molecule has 0 fully saturated rings. The van der Waals surface area contributed by atoms with Gasteiger partial charge in [-0.3, -0.25) is 4.57 Å². The molecular formula is C11H14N4O. The first-order valence-corrected chi connectivity index (χ1v) is 5.07. The summed E-state index contributed by atoms with van der Waals surface area (Å²) in [5, 5.41) is 4.01. The van der Waals surface area contributed by atoms with Crippen LogP contribution in [0.3, 0.4) is 0 Å². The molecule has 5 heteroatoms. The van der Waals surface area contributed by atoms with Gasteiger partial charge in [0.05, 0.1) is 6.54 Å². The van der Waals surface area contributed by atoms with Gasteiger partial charge in [-0.05, 0) is 11.1 Å². The van der Waals surface area contributed by atoms with Gasteiger partial charge in [-0.15, -0.1) is 0 Å². The van der Waals surface area contributed by atoms with Crippen molar-refractivity contribution in [1.29, 1.82) is 0 Å². The Kier molecular flexibility index (Phi) is 2.87. The summed E-state index contributed by atoms with van der Waals surface area (Å²) in [6.45, 7) is 0.935. The van der Waals surface area contributed by atoms with E-state index >= 15 is 0 Å². The lowest BCUT2D eigenvalue weighted by atomic mass is 10.1. The average Bonchev–Trinajstić information content (AvgIpc) is 2.62. The van der Waals surface area contributed by atoms with E-state index in [-0.39, 0.29) is 5.69 Å². The zero-order valence-corrected chi connectivity index (χ0v) is 9.13. The quantitative estimate of drug-likeness (QED) is 0.794. The van der Waals surface area contributed by atoms with E-state index in [1.54, 1.807) is 7.05 Å². The van der Waals surface area contributed by atoms with Crippen LogP contribution in [0.1, 0.15) is 11.1 Å². The van der Waals surface area contributed by atoms with Gasteiger partial charge in [-0.1, -0.05) is 24.3 Å². The van der Waals surface area contributed by atoms with Crippen LogP contribution in [0.25, 0.3) is 0 Å². The highest BCUT2D eigenvalue weighted by molar-refractivity contribution is 5.26. The summed E-state index contributed by atoms with van der Waals surface area (Å²) in [5.74, 6) is 0. The maximum Gasteiger partial charge on any atom is 0.345 e. The van der Waals surface area contributed by atoms with Crippen molar-refractivity contribution in [2.45, 2.75) is 13.1 Å². The number of nitrogens with zero attached hydrogens (tertiary/aromatic N) is 3. The first kappa shape index (κ1) is 10.6. The molecule has 0 atom stereocenters. The molecule has 0 aliphatic rings. The molecule has 0 saturated carbocycles. The topological polar surface area (TPSA) is 65.8 Å². The monoisotopic (exact) mass is 218 g/mol. The van der Waals surface area contributed by atoms with Crippen molar-refractivity contribution < 1.29 is 0 Å². The molecule has 1 heterocycles. The van der Waals surface area contributed by atoms with E-state index in [2.05, 4.69) is 5.10 Å². The van der Waals surface area contributed by atoms with Gasteiger partial charge >= 0.3 is 5.69 Å². The van der Waals surface area contributed by atoms with E-state index in [1.807, 2.05) is 24.3 Å². The molecule has 0 aliphatic heterocycles. The minimum absolute atomic E-state index is 0.119. The van der Waals surface area contributed by atoms with E-state index < -0.39 is 0 Å². The van der Waals surface area contributed by atoms with Crippen LogP contribution in [0.5, 0.6) is 0 Å². The lowest BCUT2D eigenvalue weighted by molar-refractivity contribution is 0.642. The van der Waals surface area contributed by atoms with Crippen LogP contribution in [0.4, 0.5) is 0 Å². The Balaban J connectivity index is 2.34. The molecule has 0 radical (unpaired) electrons. The molecule has 0 bridgehead atoms. The van der Waals surface area contributed by atoms with Crippen molar-refractivity contribution in [2.24, 2.45) is 12.8 Å². The highest BCUT2D eigenvalue weighted by Crippen LogP contribution is 2.08. The van der Waals surface area contributed by atoms with Gasteiger partial charge in [0.1, 0.15) is 6.33 Å². The van der Waals surface area contributed by atoms with Gasteiger partial charge in [0, 0.05) is 13.6 Å². The second-order valence-electron chi connectivity index (χ2n) is 3.65. The van der Waals surface area contributed by atoms with Crippen LogP contribution >= 0.6 is 0 Å². The molecule has 16 heavy (non-hydrogen) atoms. The Morgan fingerprint density at radius 1 is 1.31 bits per heavy atom. The third-order valence-corrected chi connectivity index (χ3v) is 2.55. The molecule has 5 nitrogen and oxygen atoms in total. The zero-order valence-electron chi connectivity index (χ0n) is 9.13. The molecular weight excluding hydrogens is 204 g/mol. The predicted molar refractivity (Wildman–Crippen MR) is 60.9 cm³/mol. The standard InChI is InChI=1S/C11H14N4O/c1-14-8-13-15(11(14)16)7-10-5-3-2-4-9(10)6-12/h2-5,8H,6-7,12H2,1H3. The van der Waals surface area contributed by atoms with Crippen LogP contribution in [0.2, 0.25) is 0 Å². The van der Waals surface area contributed by atoms with Gasteiger partial charge in [-0.25, -0.2) is 9.48 Å². The number of aromatic nitrogens is 3. The van der Waals surface area contributed by atoms with Gasteiger partial charge < -0.3 is 5.73 Å². The Morgan fingerprint density at radius 2 is 2.00 bits per heavy atom. The Bertz CT molecular complexity index is 541.